The van der Waals surface area contributed by atoms with Gasteiger partial charge in [-0.2, -0.15) is 0 Å². The summed E-state index contributed by atoms with van der Waals surface area (Å²) in [6, 6.07) is 8.72. The second kappa shape index (κ2) is 6.21. The molecular formula is C14H19N3O. The molecule has 1 aromatic heterocycles. The number of imidazole rings is 1. The van der Waals surface area contributed by atoms with Gasteiger partial charge in [-0.1, -0.05) is 0 Å². The van der Waals surface area contributed by atoms with Gasteiger partial charge in [-0.15, -0.1) is 0 Å². The third-order valence-corrected chi connectivity index (χ3v) is 2.84. The molecule has 0 fully saturated rings. The number of aromatic nitrogens is 2. The fraction of sp³-hybridized carbons (Fsp3) is 0.357. The van der Waals surface area contributed by atoms with Crippen LogP contribution >= 0.6 is 0 Å². The number of nitrogens with one attached hydrogen (secondary N) is 1. The topological polar surface area (TPSA) is 39.1 Å². The summed E-state index contributed by atoms with van der Waals surface area (Å²) in [7, 11) is 1.73. The van der Waals surface area contributed by atoms with E-state index in [-0.39, 0.29) is 0 Å². The van der Waals surface area contributed by atoms with Crippen LogP contribution in [0.3, 0.4) is 0 Å². The van der Waals surface area contributed by atoms with Crippen LogP contribution in [-0.2, 0) is 4.74 Å². The van der Waals surface area contributed by atoms with Gasteiger partial charge in [-0.3, -0.25) is 0 Å². The SMILES string of the molecule is COCCC(C)Nc1ccc(-n2ccnc2)cc1. The van der Waals surface area contributed by atoms with Gasteiger partial charge < -0.3 is 14.6 Å². The second-order valence-corrected chi connectivity index (χ2v) is 4.34. The summed E-state index contributed by atoms with van der Waals surface area (Å²) in [5, 5.41) is 3.44. The minimum absolute atomic E-state index is 0.407. The van der Waals surface area contributed by atoms with Crippen LogP contribution in [0.15, 0.2) is 43.0 Å². The first kappa shape index (κ1) is 12.6. The lowest BCUT2D eigenvalue weighted by Crippen LogP contribution is -2.17. The van der Waals surface area contributed by atoms with Gasteiger partial charge in [0.2, 0.25) is 0 Å². The highest BCUT2D eigenvalue weighted by Gasteiger charge is 2.02. The molecule has 2 rings (SSSR count). The van der Waals surface area contributed by atoms with Crippen molar-refractivity contribution in [3.63, 3.8) is 0 Å². The van der Waals surface area contributed by atoms with Crippen molar-refractivity contribution >= 4 is 5.69 Å². The number of hydrogen-bond donors (Lipinski definition) is 1. The molecule has 96 valence electrons. The van der Waals surface area contributed by atoms with Crippen molar-refractivity contribution in [3.05, 3.63) is 43.0 Å². The van der Waals surface area contributed by atoms with Crippen molar-refractivity contribution in [1.82, 2.24) is 9.55 Å². The van der Waals surface area contributed by atoms with Crippen molar-refractivity contribution in [2.75, 3.05) is 19.0 Å². The van der Waals surface area contributed by atoms with Gasteiger partial charge >= 0.3 is 0 Å². The first-order valence-electron chi connectivity index (χ1n) is 6.13. The van der Waals surface area contributed by atoms with E-state index in [1.165, 1.54) is 0 Å². The van der Waals surface area contributed by atoms with E-state index < -0.39 is 0 Å². The zero-order chi connectivity index (χ0) is 12.8. The fourth-order valence-corrected chi connectivity index (χ4v) is 1.79. The van der Waals surface area contributed by atoms with Gasteiger partial charge in [0.1, 0.15) is 0 Å². The normalized spacial score (nSPS) is 12.3. The summed E-state index contributed by atoms with van der Waals surface area (Å²) in [6.07, 6.45) is 6.51. The van der Waals surface area contributed by atoms with E-state index in [2.05, 4.69) is 41.5 Å². The Balaban J connectivity index is 1.95. The highest BCUT2D eigenvalue weighted by atomic mass is 16.5. The molecule has 2 aromatic rings. The standard InChI is InChI=1S/C14H19N3O/c1-12(7-10-18-2)16-13-3-5-14(6-4-13)17-9-8-15-11-17/h3-6,8-9,11-12,16H,7,10H2,1-2H3. The zero-order valence-electron chi connectivity index (χ0n) is 10.8. The molecule has 0 radical (unpaired) electrons. The number of hydrogen-bond acceptors (Lipinski definition) is 3. The summed E-state index contributed by atoms with van der Waals surface area (Å²) in [5.41, 5.74) is 2.24. The van der Waals surface area contributed by atoms with Crippen LogP contribution in [-0.4, -0.2) is 29.3 Å². The molecule has 4 heteroatoms. The molecule has 1 N–H and O–H groups in total. The lowest BCUT2D eigenvalue weighted by Gasteiger charge is -2.15. The third-order valence-electron chi connectivity index (χ3n) is 2.84. The molecule has 0 bridgehead atoms. The van der Waals surface area contributed by atoms with Crippen LogP contribution in [0.4, 0.5) is 5.69 Å². The van der Waals surface area contributed by atoms with E-state index in [4.69, 9.17) is 4.74 Å². The van der Waals surface area contributed by atoms with E-state index in [1.807, 2.05) is 10.8 Å². The van der Waals surface area contributed by atoms with E-state index >= 15 is 0 Å². The monoisotopic (exact) mass is 245 g/mol. The maximum atomic E-state index is 5.07. The zero-order valence-corrected chi connectivity index (χ0v) is 10.8. The van der Waals surface area contributed by atoms with E-state index in [0.717, 1.165) is 24.4 Å². The molecule has 1 aromatic carbocycles. The number of nitrogens with zero attached hydrogens (tertiary/aromatic N) is 2. The maximum absolute atomic E-state index is 5.07. The Morgan fingerprint density at radius 3 is 2.72 bits per heavy atom. The summed E-state index contributed by atoms with van der Waals surface area (Å²) >= 11 is 0. The first-order valence-corrected chi connectivity index (χ1v) is 6.13. The maximum Gasteiger partial charge on any atom is 0.0991 e. The molecule has 0 saturated heterocycles. The second-order valence-electron chi connectivity index (χ2n) is 4.34. The van der Waals surface area contributed by atoms with Gasteiger partial charge in [-0.25, -0.2) is 4.98 Å². The largest absolute Gasteiger partial charge is 0.385 e. The quantitative estimate of drug-likeness (QED) is 0.850. The Labute approximate surface area is 108 Å². The number of ether oxygens (including phenoxy) is 1. The van der Waals surface area contributed by atoms with Gasteiger partial charge in [0.25, 0.3) is 0 Å². The Morgan fingerprint density at radius 2 is 2.11 bits per heavy atom. The number of benzene rings is 1. The van der Waals surface area contributed by atoms with Gasteiger partial charge in [0.05, 0.1) is 6.33 Å². The van der Waals surface area contributed by atoms with Crippen LogP contribution < -0.4 is 5.32 Å². The van der Waals surface area contributed by atoms with Crippen molar-refractivity contribution in [2.24, 2.45) is 0 Å². The van der Waals surface area contributed by atoms with E-state index in [0.29, 0.717) is 6.04 Å². The third kappa shape index (κ3) is 3.34. The van der Waals surface area contributed by atoms with Gasteiger partial charge in [0.15, 0.2) is 0 Å². The van der Waals surface area contributed by atoms with Crippen molar-refractivity contribution in [3.8, 4) is 5.69 Å². The molecule has 18 heavy (non-hydrogen) atoms. The number of rotatable bonds is 6. The van der Waals surface area contributed by atoms with Gasteiger partial charge in [0, 0.05) is 43.5 Å². The molecule has 0 amide bonds. The number of methoxy groups -OCH3 is 1. The van der Waals surface area contributed by atoms with E-state index in [1.54, 1.807) is 19.6 Å². The molecule has 0 aliphatic rings. The molecule has 4 nitrogen and oxygen atoms in total. The average Bonchev–Trinajstić information content (AvgIpc) is 2.91. The molecule has 1 unspecified atom stereocenters. The Bertz CT molecular complexity index is 450. The fourth-order valence-electron chi connectivity index (χ4n) is 1.79. The van der Waals surface area contributed by atoms with Crippen LogP contribution in [0, 0.1) is 0 Å². The van der Waals surface area contributed by atoms with E-state index in [9.17, 15) is 0 Å². The van der Waals surface area contributed by atoms with Crippen molar-refractivity contribution in [1.29, 1.82) is 0 Å². The summed E-state index contributed by atoms with van der Waals surface area (Å²) in [6.45, 7) is 2.93. The number of anilines is 1. The minimum Gasteiger partial charge on any atom is -0.385 e. The molecule has 1 heterocycles. The summed E-state index contributed by atoms with van der Waals surface area (Å²) in [5.74, 6) is 0. The highest BCUT2D eigenvalue weighted by Crippen LogP contribution is 2.14. The molecular weight excluding hydrogens is 226 g/mol. The van der Waals surface area contributed by atoms with Crippen molar-refractivity contribution in [2.45, 2.75) is 19.4 Å². The van der Waals surface area contributed by atoms with Crippen LogP contribution in [0.2, 0.25) is 0 Å². The van der Waals surface area contributed by atoms with Crippen LogP contribution in [0.5, 0.6) is 0 Å². The molecule has 0 saturated carbocycles. The highest BCUT2D eigenvalue weighted by molar-refractivity contribution is 5.49. The Hall–Kier alpha value is -1.81. The molecule has 1 atom stereocenters. The molecule has 0 aliphatic carbocycles. The van der Waals surface area contributed by atoms with Crippen LogP contribution in [0.25, 0.3) is 5.69 Å². The lowest BCUT2D eigenvalue weighted by molar-refractivity contribution is 0.191. The first-order chi connectivity index (χ1) is 8.79. The van der Waals surface area contributed by atoms with Crippen LogP contribution in [0.1, 0.15) is 13.3 Å². The Kier molecular flexibility index (Phi) is 4.36. The summed E-state index contributed by atoms with van der Waals surface area (Å²) in [4.78, 5) is 4.04. The van der Waals surface area contributed by atoms with Gasteiger partial charge in [-0.05, 0) is 37.6 Å². The Morgan fingerprint density at radius 1 is 1.33 bits per heavy atom. The minimum atomic E-state index is 0.407. The molecule has 0 aliphatic heterocycles. The summed E-state index contributed by atoms with van der Waals surface area (Å²) < 4.78 is 7.05. The lowest BCUT2D eigenvalue weighted by atomic mass is 10.2. The average molecular weight is 245 g/mol. The predicted octanol–water partition coefficient (Wildman–Crippen LogP) is 2.71. The van der Waals surface area contributed by atoms with Crippen molar-refractivity contribution < 1.29 is 4.74 Å². The predicted molar refractivity (Wildman–Crippen MR) is 73.1 cm³/mol. The molecule has 0 spiro atoms. The smallest absolute Gasteiger partial charge is 0.0991 e.